The number of H-pyrrole nitrogens is 1. The lowest BCUT2D eigenvalue weighted by Crippen LogP contribution is -2.49. The monoisotopic (exact) mass is 332 g/mol. The molecule has 4 N–H and O–H groups in total. The second kappa shape index (κ2) is 5.48. The molecule has 25 heavy (non-hydrogen) atoms. The van der Waals surface area contributed by atoms with E-state index in [1.165, 1.54) is 0 Å². The molecule has 3 heterocycles. The summed E-state index contributed by atoms with van der Waals surface area (Å²) in [4.78, 5) is 20.4. The van der Waals surface area contributed by atoms with E-state index < -0.39 is 0 Å². The molecule has 0 radical (unpaired) electrons. The quantitative estimate of drug-likeness (QED) is 0.672. The van der Waals surface area contributed by atoms with Crippen LogP contribution in [0, 0.1) is 0 Å². The Morgan fingerprint density at radius 3 is 2.56 bits per heavy atom. The lowest BCUT2D eigenvalue weighted by molar-refractivity contribution is 0.0897. The van der Waals surface area contributed by atoms with Crippen LogP contribution in [0.4, 0.5) is 5.82 Å². The second-order valence-corrected chi connectivity index (χ2v) is 7.08. The van der Waals surface area contributed by atoms with E-state index in [-0.39, 0.29) is 11.4 Å². The third-order valence-corrected chi connectivity index (χ3v) is 4.51. The molecule has 0 atom stereocenters. The van der Waals surface area contributed by atoms with E-state index in [9.17, 15) is 4.79 Å². The number of nitrogen functional groups attached to an aromatic ring is 1. The SMILES string of the molecule is CC1(C)Cc2[nH]c(-c3ccnc(N)c3)c(-c3ccccc3)c2C(=O)N1. The zero-order chi connectivity index (χ0) is 17.6. The van der Waals surface area contributed by atoms with Gasteiger partial charge < -0.3 is 16.0 Å². The van der Waals surface area contributed by atoms with Crippen LogP contribution < -0.4 is 11.1 Å². The maximum Gasteiger partial charge on any atom is 0.254 e. The number of rotatable bonds is 2. The summed E-state index contributed by atoms with van der Waals surface area (Å²) in [5.41, 5.74) is 11.0. The van der Waals surface area contributed by atoms with Crippen molar-refractivity contribution >= 4 is 11.7 Å². The summed E-state index contributed by atoms with van der Waals surface area (Å²) < 4.78 is 0. The Morgan fingerprint density at radius 1 is 1.08 bits per heavy atom. The lowest BCUT2D eigenvalue weighted by Gasteiger charge is -2.30. The van der Waals surface area contributed by atoms with Gasteiger partial charge in [-0.1, -0.05) is 30.3 Å². The van der Waals surface area contributed by atoms with Gasteiger partial charge in [0.25, 0.3) is 5.91 Å². The van der Waals surface area contributed by atoms with E-state index in [4.69, 9.17) is 5.73 Å². The summed E-state index contributed by atoms with van der Waals surface area (Å²) in [6.45, 7) is 4.06. The van der Waals surface area contributed by atoms with Gasteiger partial charge in [-0.15, -0.1) is 0 Å². The smallest absolute Gasteiger partial charge is 0.254 e. The molecule has 0 saturated carbocycles. The van der Waals surface area contributed by atoms with E-state index in [1.54, 1.807) is 6.20 Å². The highest BCUT2D eigenvalue weighted by atomic mass is 16.1. The molecular weight excluding hydrogens is 312 g/mol. The van der Waals surface area contributed by atoms with Gasteiger partial charge in [0.15, 0.2) is 0 Å². The van der Waals surface area contributed by atoms with Gasteiger partial charge in [-0.25, -0.2) is 4.98 Å². The van der Waals surface area contributed by atoms with Crippen LogP contribution in [0.5, 0.6) is 0 Å². The van der Waals surface area contributed by atoms with E-state index in [2.05, 4.69) is 15.3 Å². The van der Waals surface area contributed by atoms with Crippen LogP contribution in [0.3, 0.4) is 0 Å². The number of nitrogens with one attached hydrogen (secondary N) is 2. The Morgan fingerprint density at radius 2 is 1.84 bits per heavy atom. The average molecular weight is 332 g/mol. The molecule has 0 unspecified atom stereocenters. The summed E-state index contributed by atoms with van der Waals surface area (Å²) in [7, 11) is 0. The molecule has 1 aliphatic heterocycles. The average Bonchev–Trinajstić information content (AvgIpc) is 2.94. The van der Waals surface area contributed by atoms with Crippen LogP contribution in [0.1, 0.15) is 29.9 Å². The van der Waals surface area contributed by atoms with E-state index >= 15 is 0 Å². The third-order valence-electron chi connectivity index (χ3n) is 4.51. The molecule has 5 nitrogen and oxygen atoms in total. The highest BCUT2D eigenvalue weighted by Crippen LogP contribution is 2.39. The lowest BCUT2D eigenvalue weighted by atomic mass is 9.88. The predicted octanol–water partition coefficient (Wildman–Crippen LogP) is 3.39. The number of anilines is 1. The molecule has 1 aromatic carbocycles. The highest BCUT2D eigenvalue weighted by molar-refractivity contribution is 6.07. The highest BCUT2D eigenvalue weighted by Gasteiger charge is 2.35. The van der Waals surface area contributed by atoms with Crippen molar-refractivity contribution in [2.75, 3.05) is 5.73 Å². The fraction of sp³-hybridized carbons (Fsp3) is 0.200. The van der Waals surface area contributed by atoms with Gasteiger partial charge in [0, 0.05) is 35.0 Å². The Balaban J connectivity index is 2.00. The first-order chi connectivity index (χ1) is 11.9. The summed E-state index contributed by atoms with van der Waals surface area (Å²) in [6, 6.07) is 13.7. The number of amides is 1. The van der Waals surface area contributed by atoms with Crippen LogP contribution in [0.15, 0.2) is 48.7 Å². The molecule has 0 fully saturated rings. The van der Waals surface area contributed by atoms with Gasteiger partial charge in [-0.05, 0) is 31.5 Å². The fourth-order valence-electron chi connectivity index (χ4n) is 3.50. The van der Waals surface area contributed by atoms with Crippen LogP contribution in [0.2, 0.25) is 0 Å². The molecule has 0 bridgehead atoms. The zero-order valence-corrected chi connectivity index (χ0v) is 14.3. The minimum absolute atomic E-state index is 0.0466. The maximum absolute atomic E-state index is 12.8. The van der Waals surface area contributed by atoms with Crippen molar-refractivity contribution in [3.05, 3.63) is 59.9 Å². The minimum Gasteiger partial charge on any atom is -0.384 e. The van der Waals surface area contributed by atoms with Gasteiger partial charge in [-0.2, -0.15) is 0 Å². The van der Waals surface area contributed by atoms with Gasteiger partial charge >= 0.3 is 0 Å². The predicted molar refractivity (Wildman–Crippen MR) is 99.1 cm³/mol. The van der Waals surface area contributed by atoms with Crippen molar-refractivity contribution in [2.24, 2.45) is 0 Å². The zero-order valence-electron chi connectivity index (χ0n) is 14.3. The van der Waals surface area contributed by atoms with Gasteiger partial charge in [0.2, 0.25) is 0 Å². The van der Waals surface area contributed by atoms with Crippen LogP contribution in [-0.4, -0.2) is 21.4 Å². The first kappa shape index (κ1) is 15.4. The van der Waals surface area contributed by atoms with E-state index in [0.717, 1.165) is 40.1 Å². The first-order valence-corrected chi connectivity index (χ1v) is 8.29. The molecule has 126 valence electrons. The molecule has 0 spiro atoms. The fourth-order valence-corrected chi connectivity index (χ4v) is 3.50. The number of aromatic nitrogens is 2. The second-order valence-electron chi connectivity index (χ2n) is 7.08. The van der Waals surface area contributed by atoms with Crippen molar-refractivity contribution < 1.29 is 4.79 Å². The van der Waals surface area contributed by atoms with Crippen LogP contribution in [0.25, 0.3) is 22.4 Å². The number of carbonyl (C=O) groups excluding carboxylic acids is 1. The van der Waals surface area contributed by atoms with Gasteiger partial charge in [-0.3, -0.25) is 4.79 Å². The van der Waals surface area contributed by atoms with Gasteiger partial charge in [0.1, 0.15) is 5.82 Å². The molecule has 3 aromatic rings. The Kier molecular flexibility index (Phi) is 3.39. The Labute approximate surface area is 146 Å². The molecule has 0 aliphatic carbocycles. The van der Waals surface area contributed by atoms with Crippen molar-refractivity contribution in [3.63, 3.8) is 0 Å². The summed E-state index contributed by atoms with van der Waals surface area (Å²) >= 11 is 0. The molecule has 5 heteroatoms. The number of fused-ring (bicyclic) bond motifs is 1. The normalized spacial score (nSPS) is 15.5. The Hall–Kier alpha value is -3.08. The standard InChI is InChI=1S/C20H20N4O/c1-20(2)11-14-17(19(25)24-20)16(12-6-4-3-5-7-12)18(23-14)13-8-9-22-15(21)10-13/h3-10,23H,11H2,1-2H3,(H2,21,22)(H,24,25). The number of nitrogens with two attached hydrogens (primary N) is 1. The van der Waals surface area contributed by atoms with Crippen molar-refractivity contribution in [1.29, 1.82) is 0 Å². The number of aromatic amines is 1. The largest absolute Gasteiger partial charge is 0.384 e. The molecule has 0 saturated heterocycles. The summed E-state index contributed by atoms with van der Waals surface area (Å²) in [6.07, 6.45) is 2.43. The topological polar surface area (TPSA) is 83.8 Å². The number of hydrogen-bond donors (Lipinski definition) is 3. The van der Waals surface area contributed by atoms with E-state index in [1.807, 2.05) is 56.3 Å². The molecule has 1 aliphatic rings. The Bertz CT molecular complexity index is 957. The summed E-state index contributed by atoms with van der Waals surface area (Å²) in [5, 5.41) is 3.10. The maximum atomic E-state index is 12.8. The number of benzene rings is 1. The van der Waals surface area contributed by atoms with Crippen LogP contribution >= 0.6 is 0 Å². The molecule has 1 amide bonds. The van der Waals surface area contributed by atoms with Crippen molar-refractivity contribution in [2.45, 2.75) is 25.8 Å². The van der Waals surface area contributed by atoms with Crippen molar-refractivity contribution in [1.82, 2.24) is 15.3 Å². The number of pyridine rings is 1. The molecule has 4 rings (SSSR count). The van der Waals surface area contributed by atoms with Crippen molar-refractivity contribution in [3.8, 4) is 22.4 Å². The molecular formula is C20H20N4O. The van der Waals surface area contributed by atoms with E-state index in [0.29, 0.717) is 5.82 Å². The number of nitrogens with zero attached hydrogens (tertiary/aromatic N) is 1. The van der Waals surface area contributed by atoms with Crippen LogP contribution in [-0.2, 0) is 6.42 Å². The number of carbonyl (C=O) groups is 1. The van der Waals surface area contributed by atoms with Gasteiger partial charge in [0.05, 0.1) is 11.3 Å². The minimum atomic E-state index is -0.280. The number of hydrogen-bond acceptors (Lipinski definition) is 3. The molecule has 2 aromatic heterocycles. The summed E-state index contributed by atoms with van der Waals surface area (Å²) in [5.74, 6) is 0.406. The third kappa shape index (κ3) is 2.67. The first-order valence-electron chi connectivity index (χ1n) is 8.29.